The molecule has 1 aromatic rings. The highest BCUT2D eigenvalue weighted by Gasteiger charge is 2.07. The van der Waals surface area contributed by atoms with Crippen LogP contribution in [0.5, 0.6) is 5.75 Å². The van der Waals surface area contributed by atoms with Gasteiger partial charge in [0.05, 0.1) is 0 Å². The van der Waals surface area contributed by atoms with Crippen molar-refractivity contribution in [2.45, 2.75) is 46.5 Å². The Morgan fingerprint density at radius 1 is 1.07 bits per heavy atom. The van der Waals surface area contributed by atoms with Crippen LogP contribution in [0.4, 0.5) is 0 Å². The molecule has 14 heavy (non-hydrogen) atoms. The molecule has 0 amide bonds. The highest BCUT2D eigenvalue weighted by Crippen LogP contribution is 2.25. The zero-order chi connectivity index (χ0) is 10.6. The van der Waals surface area contributed by atoms with Crippen LogP contribution in [0.3, 0.4) is 0 Å². The zero-order valence-electron chi connectivity index (χ0n) is 9.43. The Morgan fingerprint density at radius 3 is 2.29 bits per heavy atom. The number of phenolic OH excluding ortho intramolecular Hbond substituents is 1. The maximum atomic E-state index is 9.62. The summed E-state index contributed by atoms with van der Waals surface area (Å²) >= 11 is 0. The summed E-state index contributed by atoms with van der Waals surface area (Å²) in [4.78, 5) is 0. The van der Waals surface area contributed by atoms with Crippen molar-refractivity contribution in [2.24, 2.45) is 0 Å². The summed E-state index contributed by atoms with van der Waals surface area (Å²) in [5, 5.41) is 9.62. The third-order valence-corrected chi connectivity index (χ3v) is 2.69. The fourth-order valence-electron chi connectivity index (χ4n) is 1.90. The summed E-state index contributed by atoms with van der Waals surface area (Å²) in [6.07, 6.45) is 4.51. The molecule has 0 atom stereocenters. The van der Waals surface area contributed by atoms with E-state index in [4.69, 9.17) is 0 Å². The number of rotatable bonds is 4. The highest BCUT2D eigenvalue weighted by molar-refractivity contribution is 5.43. The molecule has 1 aromatic carbocycles. The van der Waals surface area contributed by atoms with E-state index in [9.17, 15) is 5.11 Å². The molecular formula is C13H20O. The van der Waals surface area contributed by atoms with E-state index in [1.54, 1.807) is 0 Å². The molecule has 0 spiro atoms. The second kappa shape index (κ2) is 5.04. The Labute approximate surface area is 86.8 Å². The van der Waals surface area contributed by atoms with Crippen LogP contribution in [-0.4, -0.2) is 5.11 Å². The number of aryl methyl sites for hydroxylation is 1. The standard InChI is InChI=1S/C13H20O/c1-4-6-11-8-9-13(14)10(3)12(11)7-5-2/h8-9,14H,4-7H2,1-3H3. The molecule has 0 bridgehead atoms. The quantitative estimate of drug-likeness (QED) is 0.772. The highest BCUT2D eigenvalue weighted by atomic mass is 16.3. The summed E-state index contributed by atoms with van der Waals surface area (Å²) in [6.45, 7) is 6.39. The summed E-state index contributed by atoms with van der Waals surface area (Å²) in [7, 11) is 0. The number of aromatic hydroxyl groups is 1. The number of benzene rings is 1. The fourth-order valence-corrected chi connectivity index (χ4v) is 1.90. The normalized spacial score (nSPS) is 10.5. The van der Waals surface area contributed by atoms with Gasteiger partial charge in [-0.25, -0.2) is 0 Å². The van der Waals surface area contributed by atoms with E-state index in [2.05, 4.69) is 19.9 Å². The van der Waals surface area contributed by atoms with Gasteiger partial charge in [-0.05, 0) is 42.5 Å². The zero-order valence-corrected chi connectivity index (χ0v) is 9.43. The minimum absolute atomic E-state index is 0.438. The van der Waals surface area contributed by atoms with Crippen molar-refractivity contribution in [3.63, 3.8) is 0 Å². The molecule has 0 radical (unpaired) electrons. The van der Waals surface area contributed by atoms with E-state index >= 15 is 0 Å². The van der Waals surface area contributed by atoms with Crippen molar-refractivity contribution in [1.29, 1.82) is 0 Å². The van der Waals surface area contributed by atoms with Gasteiger partial charge in [0.1, 0.15) is 5.75 Å². The second-order valence-corrected chi connectivity index (χ2v) is 3.85. The van der Waals surface area contributed by atoms with Gasteiger partial charge in [-0.3, -0.25) is 0 Å². The first kappa shape index (κ1) is 11.1. The lowest BCUT2D eigenvalue weighted by Crippen LogP contribution is -1.97. The van der Waals surface area contributed by atoms with Crippen LogP contribution in [-0.2, 0) is 12.8 Å². The van der Waals surface area contributed by atoms with E-state index in [0.29, 0.717) is 5.75 Å². The monoisotopic (exact) mass is 192 g/mol. The van der Waals surface area contributed by atoms with E-state index in [1.165, 1.54) is 17.5 Å². The Bertz CT molecular complexity index is 302. The molecule has 0 aliphatic heterocycles. The molecule has 0 unspecified atom stereocenters. The van der Waals surface area contributed by atoms with Gasteiger partial charge in [0.15, 0.2) is 0 Å². The molecule has 0 saturated heterocycles. The SMILES string of the molecule is CCCc1ccc(O)c(C)c1CCC. The average molecular weight is 192 g/mol. The Balaban J connectivity index is 3.08. The van der Waals surface area contributed by atoms with Crippen molar-refractivity contribution in [3.05, 3.63) is 28.8 Å². The first-order valence-electron chi connectivity index (χ1n) is 5.51. The van der Waals surface area contributed by atoms with Gasteiger partial charge in [0, 0.05) is 0 Å². The maximum absolute atomic E-state index is 9.62. The molecular weight excluding hydrogens is 172 g/mol. The maximum Gasteiger partial charge on any atom is 0.118 e. The summed E-state index contributed by atoms with van der Waals surface area (Å²) in [5.41, 5.74) is 3.83. The Kier molecular flexibility index (Phi) is 3.99. The molecule has 0 aliphatic rings. The minimum Gasteiger partial charge on any atom is -0.508 e. The van der Waals surface area contributed by atoms with Crippen molar-refractivity contribution in [2.75, 3.05) is 0 Å². The largest absolute Gasteiger partial charge is 0.508 e. The van der Waals surface area contributed by atoms with Crippen molar-refractivity contribution >= 4 is 0 Å². The fraction of sp³-hybridized carbons (Fsp3) is 0.538. The van der Waals surface area contributed by atoms with Gasteiger partial charge in [0.2, 0.25) is 0 Å². The van der Waals surface area contributed by atoms with Crippen LogP contribution >= 0.6 is 0 Å². The Hall–Kier alpha value is -0.980. The molecule has 78 valence electrons. The first-order chi connectivity index (χ1) is 6.70. The van der Waals surface area contributed by atoms with Crippen molar-refractivity contribution < 1.29 is 5.11 Å². The van der Waals surface area contributed by atoms with E-state index in [0.717, 1.165) is 24.8 Å². The smallest absolute Gasteiger partial charge is 0.118 e. The average Bonchev–Trinajstić information content (AvgIpc) is 2.18. The predicted molar refractivity (Wildman–Crippen MR) is 60.8 cm³/mol. The molecule has 1 N–H and O–H groups in total. The van der Waals surface area contributed by atoms with Gasteiger partial charge in [-0.1, -0.05) is 32.8 Å². The molecule has 0 fully saturated rings. The molecule has 0 saturated carbocycles. The van der Waals surface area contributed by atoms with Crippen molar-refractivity contribution in [3.8, 4) is 5.75 Å². The lowest BCUT2D eigenvalue weighted by Gasteiger charge is -2.12. The van der Waals surface area contributed by atoms with Gasteiger partial charge in [-0.15, -0.1) is 0 Å². The molecule has 0 aliphatic carbocycles. The van der Waals surface area contributed by atoms with Gasteiger partial charge >= 0.3 is 0 Å². The van der Waals surface area contributed by atoms with Crippen LogP contribution in [0.1, 0.15) is 43.4 Å². The summed E-state index contributed by atoms with van der Waals surface area (Å²) in [5.74, 6) is 0.438. The van der Waals surface area contributed by atoms with Gasteiger partial charge in [-0.2, -0.15) is 0 Å². The van der Waals surface area contributed by atoms with E-state index in [1.807, 2.05) is 13.0 Å². The molecule has 1 heteroatoms. The van der Waals surface area contributed by atoms with Crippen LogP contribution in [0.15, 0.2) is 12.1 Å². The molecule has 0 heterocycles. The molecule has 0 aromatic heterocycles. The Morgan fingerprint density at radius 2 is 1.71 bits per heavy atom. The lowest BCUT2D eigenvalue weighted by molar-refractivity contribution is 0.469. The number of hydrogen-bond donors (Lipinski definition) is 1. The van der Waals surface area contributed by atoms with E-state index in [-0.39, 0.29) is 0 Å². The third-order valence-electron chi connectivity index (χ3n) is 2.69. The van der Waals surface area contributed by atoms with Crippen LogP contribution in [0.2, 0.25) is 0 Å². The lowest BCUT2D eigenvalue weighted by atomic mass is 9.94. The predicted octanol–water partition coefficient (Wildman–Crippen LogP) is 3.61. The molecule has 1 rings (SSSR count). The van der Waals surface area contributed by atoms with Crippen LogP contribution in [0.25, 0.3) is 0 Å². The van der Waals surface area contributed by atoms with E-state index < -0.39 is 0 Å². The molecule has 1 nitrogen and oxygen atoms in total. The summed E-state index contributed by atoms with van der Waals surface area (Å²) < 4.78 is 0. The minimum atomic E-state index is 0.438. The first-order valence-corrected chi connectivity index (χ1v) is 5.51. The third kappa shape index (κ3) is 2.28. The van der Waals surface area contributed by atoms with Crippen LogP contribution < -0.4 is 0 Å². The number of hydrogen-bond acceptors (Lipinski definition) is 1. The van der Waals surface area contributed by atoms with Crippen molar-refractivity contribution in [1.82, 2.24) is 0 Å². The van der Waals surface area contributed by atoms with Crippen LogP contribution in [0, 0.1) is 6.92 Å². The van der Waals surface area contributed by atoms with Gasteiger partial charge in [0.25, 0.3) is 0 Å². The topological polar surface area (TPSA) is 20.2 Å². The van der Waals surface area contributed by atoms with Gasteiger partial charge < -0.3 is 5.11 Å². The second-order valence-electron chi connectivity index (χ2n) is 3.85. The number of phenols is 1. The summed E-state index contributed by atoms with van der Waals surface area (Å²) in [6, 6.07) is 3.89.